The highest BCUT2D eigenvalue weighted by Crippen LogP contribution is 1.96. The second-order valence-electron chi connectivity index (χ2n) is 2.32. The molecule has 8 nitrogen and oxygen atoms in total. The molecule has 0 aromatic rings. The van der Waals surface area contributed by atoms with Crippen LogP contribution in [0.15, 0.2) is 0 Å². The van der Waals surface area contributed by atoms with Crippen molar-refractivity contribution in [2.75, 3.05) is 6.54 Å². The summed E-state index contributed by atoms with van der Waals surface area (Å²) in [4.78, 5) is 28.5. The first-order valence-electron chi connectivity index (χ1n) is 3.46. The van der Waals surface area contributed by atoms with Crippen LogP contribution in [-0.2, 0) is 4.79 Å². The van der Waals surface area contributed by atoms with Crippen LogP contribution in [-0.4, -0.2) is 28.5 Å². The summed E-state index contributed by atoms with van der Waals surface area (Å²) in [7, 11) is 0. The zero-order valence-corrected chi connectivity index (χ0v) is 6.93. The number of nitro groups is 2. The second-order valence-corrected chi connectivity index (χ2v) is 2.32. The Labute approximate surface area is 73.2 Å². The maximum atomic E-state index is 10.3. The maximum Gasteiger partial charge on any atom is 0.452 e. The van der Waals surface area contributed by atoms with E-state index in [9.17, 15) is 25.0 Å². The standard InChI is InChI=1S/C5H9N3O5/c1-4(9)6-3-2-5(7(10)11)8(12)13/h5H,2-3H2,1H3,(H,6,9). The van der Waals surface area contributed by atoms with E-state index in [4.69, 9.17) is 0 Å². The second kappa shape index (κ2) is 5.01. The van der Waals surface area contributed by atoms with Crippen molar-refractivity contribution >= 4 is 5.91 Å². The van der Waals surface area contributed by atoms with Crippen LogP contribution in [0.4, 0.5) is 0 Å². The molecule has 0 aromatic carbocycles. The topological polar surface area (TPSA) is 115 Å². The van der Waals surface area contributed by atoms with Gasteiger partial charge in [-0.1, -0.05) is 0 Å². The molecule has 1 amide bonds. The molecule has 0 aromatic heterocycles. The van der Waals surface area contributed by atoms with Gasteiger partial charge in [0, 0.05) is 13.5 Å². The summed E-state index contributed by atoms with van der Waals surface area (Å²) in [5.74, 6) is -0.370. The van der Waals surface area contributed by atoms with Gasteiger partial charge in [0.25, 0.3) is 0 Å². The molecule has 1 N–H and O–H groups in total. The minimum Gasteiger partial charge on any atom is -0.356 e. The van der Waals surface area contributed by atoms with Crippen molar-refractivity contribution < 1.29 is 14.6 Å². The van der Waals surface area contributed by atoms with Gasteiger partial charge in [0.05, 0.1) is 9.85 Å². The minimum atomic E-state index is -1.84. The Hall–Kier alpha value is -1.73. The van der Waals surface area contributed by atoms with Crippen molar-refractivity contribution in [3.8, 4) is 0 Å². The summed E-state index contributed by atoms with van der Waals surface area (Å²) in [6, 6.07) is 0. The summed E-state index contributed by atoms with van der Waals surface area (Å²) >= 11 is 0. The van der Waals surface area contributed by atoms with Gasteiger partial charge in [0.15, 0.2) is 0 Å². The molecule has 8 heteroatoms. The highest BCUT2D eigenvalue weighted by atomic mass is 16.7. The molecular formula is C5H9N3O5. The summed E-state index contributed by atoms with van der Waals surface area (Å²) in [5.41, 5.74) is 0. The van der Waals surface area contributed by atoms with Gasteiger partial charge in [-0.15, -0.1) is 0 Å². The van der Waals surface area contributed by atoms with Crippen molar-refractivity contribution in [2.24, 2.45) is 0 Å². The predicted octanol–water partition coefficient (Wildman–Crippen LogP) is -0.608. The fourth-order valence-corrected chi connectivity index (χ4v) is 0.665. The number of amides is 1. The average Bonchev–Trinajstić information content (AvgIpc) is 1.95. The van der Waals surface area contributed by atoms with Gasteiger partial charge in [-0.25, -0.2) is 0 Å². The first-order chi connectivity index (χ1) is 5.95. The van der Waals surface area contributed by atoms with E-state index in [1.54, 1.807) is 0 Å². The molecule has 0 radical (unpaired) electrons. The van der Waals surface area contributed by atoms with Crippen LogP contribution < -0.4 is 5.32 Å². The fraction of sp³-hybridized carbons (Fsp3) is 0.800. The van der Waals surface area contributed by atoms with E-state index in [2.05, 4.69) is 5.32 Å². The van der Waals surface area contributed by atoms with E-state index in [1.807, 2.05) is 0 Å². The number of hydrogen-bond donors (Lipinski definition) is 1. The average molecular weight is 191 g/mol. The third kappa shape index (κ3) is 4.67. The zero-order chi connectivity index (χ0) is 10.4. The molecule has 0 heterocycles. The van der Waals surface area contributed by atoms with Crippen LogP contribution in [0.5, 0.6) is 0 Å². The number of carbonyl (C=O) groups excluding carboxylic acids is 1. The number of hydrogen-bond acceptors (Lipinski definition) is 5. The summed E-state index contributed by atoms with van der Waals surface area (Å²) in [6.07, 6.45) is -2.15. The summed E-state index contributed by atoms with van der Waals surface area (Å²) in [6.45, 7) is 1.16. The smallest absolute Gasteiger partial charge is 0.356 e. The van der Waals surface area contributed by atoms with E-state index in [-0.39, 0.29) is 18.9 Å². The first kappa shape index (κ1) is 11.3. The Morgan fingerprint density at radius 2 is 1.85 bits per heavy atom. The summed E-state index contributed by atoms with van der Waals surface area (Å²) < 4.78 is 0. The Morgan fingerprint density at radius 1 is 1.38 bits per heavy atom. The largest absolute Gasteiger partial charge is 0.452 e. The van der Waals surface area contributed by atoms with Gasteiger partial charge < -0.3 is 5.32 Å². The molecule has 0 aliphatic carbocycles. The Kier molecular flexibility index (Phi) is 4.34. The molecule has 0 aliphatic heterocycles. The highest BCUT2D eigenvalue weighted by Gasteiger charge is 2.31. The molecule has 0 bridgehead atoms. The van der Waals surface area contributed by atoms with Crippen molar-refractivity contribution in [1.82, 2.24) is 5.32 Å². The van der Waals surface area contributed by atoms with Crippen LogP contribution in [0.1, 0.15) is 13.3 Å². The van der Waals surface area contributed by atoms with Crippen LogP contribution in [0.2, 0.25) is 0 Å². The maximum absolute atomic E-state index is 10.3. The lowest BCUT2D eigenvalue weighted by atomic mass is 10.3. The number of rotatable bonds is 5. The minimum absolute atomic E-state index is 0.0675. The quantitative estimate of drug-likeness (QED) is 0.353. The number of nitrogens with zero attached hydrogens (tertiary/aromatic N) is 2. The van der Waals surface area contributed by atoms with E-state index >= 15 is 0 Å². The molecule has 13 heavy (non-hydrogen) atoms. The third-order valence-electron chi connectivity index (χ3n) is 1.26. The molecule has 0 atom stereocenters. The molecule has 0 fully saturated rings. The number of carbonyl (C=O) groups is 1. The van der Waals surface area contributed by atoms with Gasteiger partial charge in [-0.2, -0.15) is 0 Å². The SMILES string of the molecule is CC(=O)NCCC([N+](=O)[O-])[N+](=O)[O-]. The normalized spacial score (nSPS) is 9.69. The van der Waals surface area contributed by atoms with Crippen LogP contribution in [0.3, 0.4) is 0 Å². The van der Waals surface area contributed by atoms with Gasteiger partial charge in [-0.05, 0) is 0 Å². The Balaban J connectivity index is 3.91. The van der Waals surface area contributed by atoms with Gasteiger partial charge >= 0.3 is 6.17 Å². The summed E-state index contributed by atoms with van der Waals surface area (Å²) in [5, 5.41) is 22.4. The molecule has 74 valence electrons. The van der Waals surface area contributed by atoms with E-state index in [0.717, 1.165) is 0 Å². The van der Waals surface area contributed by atoms with E-state index < -0.39 is 16.0 Å². The van der Waals surface area contributed by atoms with E-state index in [0.29, 0.717) is 0 Å². The highest BCUT2D eigenvalue weighted by molar-refractivity contribution is 5.72. The fourth-order valence-electron chi connectivity index (χ4n) is 0.665. The molecule has 0 saturated heterocycles. The third-order valence-corrected chi connectivity index (χ3v) is 1.26. The van der Waals surface area contributed by atoms with Gasteiger partial charge in [-0.3, -0.25) is 25.0 Å². The Bertz CT molecular complexity index is 214. The lowest BCUT2D eigenvalue weighted by molar-refractivity contribution is -0.742. The Morgan fingerprint density at radius 3 is 2.15 bits per heavy atom. The lowest BCUT2D eigenvalue weighted by Gasteiger charge is -2.01. The van der Waals surface area contributed by atoms with Crippen molar-refractivity contribution in [3.63, 3.8) is 0 Å². The first-order valence-corrected chi connectivity index (χ1v) is 3.46. The zero-order valence-electron chi connectivity index (χ0n) is 6.93. The van der Waals surface area contributed by atoms with Crippen LogP contribution in [0, 0.1) is 20.2 Å². The van der Waals surface area contributed by atoms with Gasteiger partial charge in [0.1, 0.15) is 6.42 Å². The lowest BCUT2D eigenvalue weighted by Crippen LogP contribution is -2.33. The van der Waals surface area contributed by atoms with Crippen LogP contribution in [0.25, 0.3) is 0 Å². The van der Waals surface area contributed by atoms with Crippen molar-refractivity contribution in [1.29, 1.82) is 0 Å². The van der Waals surface area contributed by atoms with Crippen molar-refractivity contribution in [2.45, 2.75) is 19.5 Å². The molecular weight excluding hydrogens is 182 g/mol. The molecule has 0 saturated carbocycles. The van der Waals surface area contributed by atoms with Gasteiger partial charge in [0.2, 0.25) is 5.91 Å². The molecule has 0 rings (SSSR count). The predicted molar refractivity (Wildman–Crippen MR) is 41.1 cm³/mol. The molecule has 0 aliphatic rings. The molecule has 0 spiro atoms. The van der Waals surface area contributed by atoms with E-state index in [1.165, 1.54) is 6.92 Å². The van der Waals surface area contributed by atoms with Crippen LogP contribution >= 0.6 is 0 Å². The van der Waals surface area contributed by atoms with Crippen molar-refractivity contribution in [3.05, 3.63) is 20.2 Å². The molecule has 0 unspecified atom stereocenters. The monoisotopic (exact) mass is 191 g/mol. The number of nitrogens with one attached hydrogen (secondary N) is 1.